The lowest BCUT2D eigenvalue weighted by molar-refractivity contribution is -0.137. The van der Waals surface area contributed by atoms with Crippen LogP contribution in [-0.2, 0) is 13.2 Å². The maximum Gasteiger partial charge on any atom is 0.417 e. The van der Waals surface area contributed by atoms with Gasteiger partial charge in [-0.25, -0.2) is 0 Å². The fourth-order valence-electron chi connectivity index (χ4n) is 1.59. The Morgan fingerprint density at radius 2 is 1.94 bits per heavy atom. The summed E-state index contributed by atoms with van der Waals surface area (Å²) in [5, 5.41) is 3.96. The molecule has 2 N–H and O–H groups in total. The summed E-state index contributed by atoms with van der Waals surface area (Å²) in [6.45, 7) is 0. The van der Waals surface area contributed by atoms with Gasteiger partial charge in [-0.3, -0.25) is 4.68 Å². The van der Waals surface area contributed by atoms with E-state index in [1.165, 1.54) is 22.9 Å². The third kappa shape index (κ3) is 2.28. The minimum absolute atomic E-state index is 0.0231. The average Bonchev–Trinajstić information content (AvgIpc) is 2.57. The van der Waals surface area contributed by atoms with E-state index in [1.54, 1.807) is 7.05 Å². The Balaban J connectivity index is 2.64. The third-order valence-corrected chi connectivity index (χ3v) is 2.71. The Morgan fingerprint density at radius 1 is 1.28 bits per heavy atom. The fourth-order valence-corrected chi connectivity index (χ4v) is 1.76. The van der Waals surface area contributed by atoms with Crippen molar-refractivity contribution in [3.05, 3.63) is 34.9 Å². The number of benzene rings is 1. The SMILES string of the molecule is Cn1nc(-c2ccc(Cl)cc2C(F)(F)F)cc1N. The van der Waals surface area contributed by atoms with Crippen LogP contribution >= 0.6 is 11.6 Å². The van der Waals surface area contributed by atoms with Crippen molar-refractivity contribution in [3.8, 4) is 11.3 Å². The highest BCUT2D eigenvalue weighted by molar-refractivity contribution is 6.30. The van der Waals surface area contributed by atoms with Crippen molar-refractivity contribution in [2.24, 2.45) is 7.05 Å². The zero-order valence-electron chi connectivity index (χ0n) is 9.29. The number of aryl methyl sites for hydroxylation is 1. The monoisotopic (exact) mass is 275 g/mol. The lowest BCUT2D eigenvalue weighted by Gasteiger charge is -2.11. The van der Waals surface area contributed by atoms with E-state index in [1.807, 2.05) is 0 Å². The highest BCUT2D eigenvalue weighted by atomic mass is 35.5. The van der Waals surface area contributed by atoms with Gasteiger partial charge in [-0.2, -0.15) is 18.3 Å². The van der Waals surface area contributed by atoms with Crippen LogP contribution in [0.25, 0.3) is 11.3 Å². The molecule has 1 heterocycles. The van der Waals surface area contributed by atoms with Gasteiger partial charge in [-0.15, -0.1) is 0 Å². The first-order chi connectivity index (χ1) is 8.29. The standard InChI is InChI=1S/C11H9ClF3N3/c1-18-10(16)5-9(17-18)7-3-2-6(12)4-8(7)11(13,14)15/h2-5H,16H2,1H3. The van der Waals surface area contributed by atoms with E-state index >= 15 is 0 Å². The van der Waals surface area contributed by atoms with E-state index in [-0.39, 0.29) is 22.1 Å². The number of alkyl halides is 3. The third-order valence-electron chi connectivity index (χ3n) is 2.48. The van der Waals surface area contributed by atoms with E-state index in [4.69, 9.17) is 17.3 Å². The Kier molecular flexibility index (Phi) is 2.98. The second kappa shape index (κ2) is 4.20. The zero-order chi connectivity index (χ0) is 13.5. The Bertz CT molecular complexity index is 570. The molecule has 0 amide bonds. The van der Waals surface area contributed by atoms with E-state index in [0.717, 1.165) is 6.07 Å². The maximum absolute atomic E-state index is 12.9. The van der Waals surface area contributed by atoms with Crippen molar-refractivity contribution >= 4 is 17.4 Å². The molecule has 0 saturated heterocycles. The van der Waals surface area contributed by atoms with Crippen LogP contribution in [0, 0.1) is 0 Å². The summed E-state index contributed by atoms with van der Waals surface area (Å²) in [7, 11) is 1.56. The van der Waals surface area contributed by atoms with Crippen LogP contribution in [0.3, 0.4) is 0 Å². The molecule has 18 heavy (non-hydrogen) atoms. The molecule has 0 radical (unpaired) electrons. The predicted octanol–water partition coefficient (Wildman–Crippen LogP) is 3.34. The van der Waals surface area contributed by atoms with Gasteiger partial charge in [0, 0.05) is 23.7 Å². The molecule has 0 atom stereocenters. The van der Waals surface area contributed by atoms with Gasteiger partial charge in [0.2, 0.25) is 0 Å². The molecule has 1 aromatic heterocycles. The molecular formula is C11H9ClF3N3. The Morgan fingerprint density at radius 3 is 2.44 bits per heavy atom. The van der Waals surface area contributed by atoms with Crippen LogP contribution in [0.4, 0.5) is 19.0 Å². The molecule has 0 bridgehead atoms. The number of rotatable bonds is 1. The zero-order valence-corrected chi connectivity index (χ0v) is 10.0. The summed E-state index contributed by atoms with van der Waals surface area (Å²) in [6, 6.07) is 4.93. The first-order valence-electron chi connectivity index (χ1n) is 4.95. The lowest BCUT2D eigenvalue weighted by atomic mass is 10.0. The van der Waals surface area contributed by atoms with Gasteiger partial charge in [0.05, 0.1) is 11.3 Å². The number of nitrogens with zero attached hydrogens (tertiary/aromatic N) is 2. The van der Waals surface area contributed by atoms with E-state index in [2.05, 4.69) is 5.10 Å². The summed E-state index contributed by atoms with van der Waals surface area (Å²) in [6.07, 6.45) is -4.49. The number of nitrogens with two attached hydrogens (primary N) is 1. The molecule has 0 aliphatic carbocycles. The molecule has 0 aliphatic heterocycles. The summed E-state index contributed by atoms with van der Waals surface area (Å²) in [5.74, 6) is 0.285. The van der Waals surface area contributed by atoms with E-state index < -0.39 is 11.7 Å². The maximum atomic E-state index is 12.9. The molecule has 0 fully saturated rings. The first-order valence-corrected chi connectivity index (χ1v) is 5.33. The van der Waals surface area contributed by atoms with Crippen LogP contribution in [-0.4, -0.2) is 9.78 Å². The summed E-state index contributed by atoms with van der Waals surface area (Å²) in [4.78, 5) is 0. The summed E-state index contributed by atoms with van der Waals surface area (Å²) < 4.78 is 40.0. The smallest absolute Gasteiger partial charge is 0.384 e. The molecule has 0 spiro atoms. The van der Waals surface area contributed by atoms with Crippen molar-refractivity contribution in [2.75, 3.05) is 5.73 Å². The van der Waals surface area contributed by atoms with Crippen molar-refractivity contribution < 1.29 is 13.2 Å². The highest BCUT2D eigenvalue weighted by Gasteiger charge is 2.34. The molecular weight excluding hydrogens is 267 g/mol. The summed E-state index contributed by atoms with van der Waals surface area (Å²) >= 11 is 5.60. The van der Waals surface area contributed by atoms with Crippen molar-refractivity contribution in [2.45, 2.75) is 6.18 Å². The minimum Gasteiger partial charge on any atom is -0.384 e. The predicted molar refractivity (Wildman–Crippen MR) is 63.1 cm³/mol. The largest absolute Gasteiger partial charge is 0.417 e. The second-order valence-electron chi connectivity index (χ2n) is 3.77. The molecule has 2 rings (SSSR count). The fraction of sp³-hybridized carbons (Fsp3) is 0.182. The number of anilines is 1. The average molecular weight is 276 g/mol. The first kappa shape index (κ1) is 12.8. The molecule has 0 saturated carbocycles. The van der Waals surface area contributed by atoms with Crippen molar-refractivity contribution in [3.63, 3.8) is 0 Å². The van der Waals surface area contributed by atoms with Gasteiger partial charge in [-0.05, 0) is 12.1 Å². The molecule has 7 heteroatoms. The van der Waals surface area contributed by atoms with Crippen LogP contribution in [0.5, 0.6) is 0 Å². The quantitative estimate of drug-likeness (QED) is 0.867. The number of aromatic nitrogens is 2. The number of halogens is 4. The molecule has 96 valence electrons. The molecule has 1 aromatic carbocycles. The molecule has 0 aliphatic rings. The van der Waals surface area contributed by atoms with Gasteiger partial charge >= 0.3 is 6.18 Å². The molecule has 3 nitrogen and oxygen atoms in total. The van der Waals surface area contributed by atoms with E-state index in [0.29, 0.717) is 0 Å². The molecule has 2 aromatic rings. The van der Waals surface area contributed by atoms with Gasteiger partial charge in [-0.1, -0.05) is 17.7 Å². The van der Waals surface area contributed by atoms with Crippen LogP contribution in [0.15, 0.2) is 24.3 Å². The van der Waals surface area contributed by atoms with Crippen molar-refractivity contribution in [1.29, 1.82) is 0 Å². The topological polar surface area (TPSA) is 43.8 Å². The Labute approximate surface area is 106 Å². The van der Waals surface area contributed by atoms with Crippen LogP contribution in [0.1, 0.15) is 5.56 Å². The van der Waals surface area contributed by atoms with Crippen molar-refractivity contribution in [1.82, 2.24) is 9.78 Å². The van der Waals surface area contributed by atoms with E-state index in [9.17, 15) is 13.2 Å². The minimum atomic E-state index is -4.49. The number of hydrogen-bond donors (Lipinski definition) is 1. The van der Waals surface area contributed by atoms with Gasteiger partial charge in [0.1, 0.15) is 5.82 Å². The van der Waals surface area contributed by atoms with Gasteiger partial charge < -0.3 is 5.73 Å². The highest BCUT2D eigenvalue weighted by Crippen LogP contribution is 2.38. The number of hydrogen-bond acceptors (Lipinski definition) is 2. The summed E-state index contributed by atoms with van der Waals surface area (Å²) in [5.41, 5.74) is 4.86. The normalized spacial score (nSPS) is 11.8. The second-order valence-corrected chi connectivity index (χ2v) is 4.20. The van der Waals surface area contributed by atoms with Crippen LogP contribution < -0.4 is 5.73 Å². The Hall–Kier alpha value is -1.69. The van der Waals surface area contributed by atoms with Gasteiger partial charge in [0.25, 0.3) is 0 Å². The molecule has 0 unspecified atom stereocenters. The lowest BCUT2D eigenvalue weighted by Crippen LogP contribution is -2.07. The van der Waals surface area contributed by atoms with Crippen LogP contribution in [0.2, 0.25) is 5.02 Å². The van der Waals surface area contributed by atoms with Gasteiger partial charge in [0.15, 0.2) is 0 Å². The number of nitrogen functional groups attached to an aromatic ring is 1.